The van der Waals surface area contributed by atoms with Gasteiger partial charge in [-0.15, -0.1) is 0 Å². The first-order valence-corrected chi connectivity index (χ1v) is 7.77. The van der Waals surface area contributed by atoms with Gasteiger partial charge in [0, 0.05) is 23.6 Å². The third kappa shape index (κ3) is 3.78. The van der Waals surface area contributed by atoms with Crippen LogP contribution in [0, 0.1) is 0 Å². The minimum atomic E-state index is 0.159. The quantitative estimate of drug-likeness (QED) is 0.924. The predicted molar refractivity (Wildman–Crippen MR) is 82.1 cm³/mol. The monoisotopic (exact) mass is 326 g/mol. The minimum absolute atomic E-state index is 0.159. The zero-order valence-corrected chi connectivity index (χ0v) is 13.3. The van der Waals surface area contributed by atoms with Gasteiger partial charge < -0.3 is 10.5 Å². The Kier molecular flexibility index (Phi) is 5.39. The molecule has 0 aromatic heterocycles. The summed E-state index contributed by atoms with van der Waals surface area (Å²) < 4.78 is 6.74. The van der Waals surface area contributed by atoms with Crippen LogP contribution in [0.5, 0.6) is 0 Å². The molecule has 1 fully saturated rings. The van der Waals surface area contributed by atoms with Crippen LogP contribution in [0.25, 0.3) is 0 Å². The molecule has 1 aromatic carbocycles. The molecule has 1 heterocycles. The summed E-state index contributed by atoms with van der Waals surface area (Å²) in [7, 11) is 0. The molecule has 1 aromatic rings. The maximum absolute atomic E-state index is 6.37. The van der Waals surface area contributed by atoms with Gasteiger partial charge in [-0.05, 0) is 31.0 Å². The highest BCUT2D eigenvalue weighted by molar-refractivity contribution is 9.10. The molecule has 0 aliphatic carbocycles. The van der Waals surface area contributed by atoms with Gasteiger partial charge in [-0.2, -0.15) is 0 Å². The summed E-state index contributed by atoms with van der Waals surface area (Å²) in [6.45, 7) is 6.99. The molecule has 3 unspecified atom stereocenters. The van der Waals surface area contributed by atoms with Crippen molar-refractivity contribution in [3.05, 3.63) is 34.3 Å². The molecule has 3 atom stereocenters. The van der Waals surface area contributed by atoms with Crippen molar-refractivity contribution in [1.29, 1.82) is 0 Å². The van der Waals surface area contributed by atoms with Crippen LogP contribution in [0.3, 0.4) is 0 Å². The highest BCUT2D eigenvalue weighted by Gasteiger charge is 2.29. The van der Waals surface area contributed by atoms with Crippen molar-refractivity contribution < 1.29 is 4.74 Å². The average molecular weight is 327 g/mol. The fourth-order valence-electron chi connectivity index (χ4n) is 2.71. The molecule has 2 N–H and O–H groups in total. The predicted octanol–water partition coefficient (Wildman–Crippen LogP) is 2.95. The van der Waals surface area contributed by atoms with Crippen LogP contribution in [0.4, 0.5) is 0 Å². The summed E-state index contributed by atoms with van der Waals surface area (Å²) >= 11 is 3.49. The number of morpholine rings is 1. The third-order valence-corrected chi connectivity index (χ3v) is 4.28. The van der Waals surface area contributed by atoms with Crippen molar-refractivity contribution in [2.45, 2.75) is 38.5 Å². The Morgan fingerprint density at radius 3 is 2.68 bits per heavy atom. The number of rotatable bonds is 4. The lowest BCUT2D eigenvalue weighted by Gasteiger charge is -2.40. The molecular weight excluding hydrogens is 304 g/mol. The lowest BCUT2D eigenvalue weighted by atomic mass is 9.95. The van der Waals surface area contributed by atoms with E-state index in [1.807, 2.05) is 0 Å². The van der Waals surface area contributed by atoms with E-state index in [-0.39, 0.29) is 18.2 Å². The molecule has 3 nitrogen and oxygen atoms in total. The van der Waals surface area contributed by atoms with E-state index < -0.39 is 0 Å². The number of benzene rings is 1. The number of nitrogens with zero attached hydrogens (tertiary/aromatic N) is 1. The van der Waals surface area contributed by atoms with Crippen molar-refractivity contribution in [2.24, 2.45) is 5.73 Å². The Morgan fingerprint density at radius 1 is 1.42 bits per heavy atom. The van der Waals surface area contributed by atoms with Gasteiger partial charge in [-0.1, -0.05) is 35.0 Å². The van der Waals surface area contributed by atoms with Crippen molar-refractivity contribution in [3.8, 4) is 0 Å². The summed E-state index contributed by atoms with van der Waals surface area (Å²) in [6, 6.07) is 8.97. The Hall–Kier alpha value is -0.420. The molecular formula is C15H23BrN2O. The molecule has 1 aliphatic heterocycles. The van der Waals surface area contributed by atoms with E-state index in [1.54, 1.807) is 0 Å². The lowest BCUT2D eigenvalue weighted by molar-refractivity contribution is -0.0386. The first-order chi connectivity index (χ1) is 9.11. The normalized spacial score (nSPS) is 24.1. The van der Waals surface area contributed by atoms with Crippen molar-refractivity contribution >= 4 is 15.9 Å². The largest absolute Gasteiger partial charge is 0.376 e. The summed E-state index contributed by atoms with van der Waals surface area (Å²) in [6.07, 6.45) is 1.27. The maximum Gasteiger partial charge on any atom is 0.0674 e. The highest BCUT2D eigenvalue weighted by Crippen LogP contribution is 2.28. The van der Waals surface area contributed by atoms with Gasteiger partial charge in [0.05, 0.1) is 18.8 Å². The number of nitrogens with two attached hydrogens (primary N) is 1. The molecule has 0 spiro atoms. The van der Waals surface area contributed by atoms with Crippen molar-refractivity contribution in [1.82, 2.24) is 4.90 Å². The van der Waals surface area contributed by atoms with Gasteiger partial charge in [-0.3, -0.25) is 4.90 Å². The van der Waals surface area contributed by atoms with Gasteiger partial charge in [-0.25, -0.2) is 0 Å². The number of halogens is 1. The summed E-state index contributed by atoms with van der Waals surface area (Å²) in [5.41, 5.74) is 7.67. The number of ether oxygens (including phenoxy) is 1. The zero-order chi connectivity index (χ0) is 13.8. The van der Waals surface area contributed by atoms with Gasteiger partial charge in [0.1, 0.15) is 0 Å². The molecule has 1 saturated heterocycles. The van der Waals surface area contributed by atoms with Crippen LogP contribution in [0.2, 0.25) is 0 Å². The summed E-state index contributed by atoms with van der Waals surface area (Å²) in [5.74, 6) is 0. The fourth-order valence-corrected chi connectivity index (χ4v) is 2.97. The summed E-state index contributed by atoms with van der Waals surface area (Å²) in [5, 5.41) is 0. The van der Waals surface area contributed by atoms with Crippen LogP contribution in [-0.4, -0.2) is 36.7 Å². The molecule has 19 heavy (non-hydrogen) atoms. The van der Waals surface area contributed by atoms with E-state index in [0.717, 1.165) is 30.6 Å². The number of hydrogen-bond acceptors (Lipinski definition) is 3. The molecule has 4 heteroatoms. The van der Waals surface area contributed by atoms with Crippen molar-refractivity contribution in [3.63, 3.8) is 0 Å². The maximum atomic E-state index is 6.37. The highest BCUT2D eigenvalue weighted by atomic mass is 79.9. The Bertz CT molecular complexity index is 396. The van der Waals surface area contributed by atoms with E-state index in [2.05, 4.69) is 58.9 Å². The van der Waals surface area contributed by atoms with Crippen LogP contribution in [0.15, 0.2) is 28.7 Å². The van der Waals surface area contributed by atoms with Gasteiger partial charge >= 0.3 is 0 Å². The molecule has 2 rings (SSSR count). The molecule has 0 saturated carbocycles. The van der Waals surface area contributed by atoms with E-state index in [4.69, 9.17) is 10.5 Å². The van der Waals surface area contributed by atoms with Crippen LogP contribution in [0.1, 0.15) is 31.9 Å². The van der Waals surface area contributed by atoms with E-state index >= 15 is 0 Å². The van der Waals surface area contributed by atoms with Crippen LogP contribution >= 0.6 is 15.9 Å². The van der Waals surface area contributed by atoms with Gasteiger partial charge in [0.15, 0.2) is 0 Å². The second-order valence-corrected chi connectivity index (χ2v) is 6.16. The van der Waals surface area contributed by atoms with E-state index in [1.165, 1.54) is 5.56 Å². The van der Waals surface area contributed by atoms with Gasteiger partial charge in [0.2, 0.25) is 0 Å². The second kappa shape index (κ2) is 6.84. The topological polar surface area (TPSA) is 38.5 Å². The minimum Gasteiger partial charge on any atom is -0.376 e. The second-order valence-electron chi connectivity index (χ2n) is 5.24. The standard InChI is InChI=1S/C15H23BrN2O/c1-3-14(17)15(12-4-6-13(16)7-5-12)18-8-9-19-11(2)10-18/h4-7,11,14-15H,3,8-10,17H2,1-2H3. The molecule has 0 bridgehead atoms. The Morgan fingerprint density at radius 2 is 2.11 bits per heavy atom. The van der Waals surface area contributed by atoms with Crippen LogP contribution < -0.4 is 5.73 Å². The lowest BCUT2D eigenvalue weighted by Crippen LogP contribution is -2.48. The fraction of sp³-hybridized carbons (Fsp3) is 0.600. The van der Waals surface area contributed by atoms with E-state index in [9.17, 15) is 0 Å². The molecule has 0 radical (unpaired) electrons. The van der Waals surface area contributed by atoms with Crippen LogP contribution in [-0.2, 0) is 4.74 Å². The third-order valence-electron chi connectivity index (χ3n) is 3.75. The SMILES string of the molecule is CCC(N)C(c1ccc(Br)cc1)N1CCOC(C)C1. The van der Waals surface area contributed by atoms with Gasteiger partial charge in [0.25, 0.3) is 0 Å². The Balaban J connectivity index is 2.22. The smallest absolute Gasteiger partial charge is 0.0674 e. The molecule has 0 amide bonds. The summed E-state index contributed by atoms with van der Waals surface area (Å²) in [4.78, 5) is 2.46. The van der Waals surface area contributed by atoms with Crippen molar-refractivity contribution in [2.75, 3.05) is 19.7 Å². The number of hydrogen-bond donors (Lipinski definition) is 1. The Labute approximate surface area is 124 Å². The first kappa shape index (κ1) is 15.0. The average Bonchev–Trinajstić information content (AvgIpc) is 2.41. The van der Waals surface area contributed by atoms with E-state index in [0.29, 0.717) is 0 Å². The zero-order valence-electron chi connectivity index (χ0n) is 11.7. The first-order valence-electron chi connectivity index (χ1n) is 6.98. The molecule has 1 aliphatic rings. The molecule has 106 valence electrons.